The van der Waals surface area contributed by atoms with Gasteiger partial charge in [-0.1, -0.05) is 5.16 Å². The lowest BCUT2D eigenvalue weighted by molar-refractivity contribution is 0.408. The van der Waals surface area contributed by atoms with Gasteiger partial charge >= 0.3 is 0 Å². The van der Waals surface area contributed by atoms with E-state index in [2.05, 4.69) is 19.6 Å². The van der Waals surface area contributed by atoms with Crippen LogP contribution in [0.4, 0.5) is 8.78 Å². The van der Waals surface area contributed by atoms with Crippen LogP contribution in [0.3, 0.4) is 0 Å². The molecule has 0 saturated heterocycles. The number of aromatic nitrogens is 4. The summed E-state index contributed by atoms with van der Waals surface area (Å²) in [6.45, 7) is 2.05. The number of alkyl halides is 1. The molecule has 2 aromatic heterocycles. The van der Waals surface area contributed by atoms with Crippen molar-refractivity contribution in [3.63, 3.8) is 0 Å². The summed E-state index contributed by atoms with van der Waals surface area (Å²) in [5.41, 5.74) is 0.463. The van der Waals surface area contributed by atoms with Crippen LogP contribution in [0.25, 0.3) is 11.0 Å². The first-order chi connectivity index (χ1) is 10.1. The van der Waals surface area contributed by atoms with Gasteiger partial charge in [0.25, 0.3) is 0 Å². The third-order valence-corrected chi connectivity index (χ3v) is 3.35. The molecule has 0 radical (unpaired) electrons. The summed E-state index contributed by atoms with van der Waals surface area (Å²) in [5.74, 6) is -0.907. The highest BCUT2D eigenvalue weighted by molar-refractivity contribution is 6.20. The zero-order valence-corrected chi connectivity index (χ0v) is 11.8. The first-order valence-electron chi connectivity index (χ1n) is 6.31. The zero-order valence-electron chi connectivity index (χ0n) is 11.1. The van der Waals surface area contributed by atoms with Gasteiger partial charge in [-0.3, -0.25) is 0 Å². The zero-order chi connectivity index (χ0) is 15.0. The van der Waals surface area contributed by atoms with Gasteiger partial charge in [-0.2, -0.15) is 4.98 Å². The summed E-state index contributed by atoms with van der Waals surface area (Å²) < 4.78 is 33.7. The Balaban J connectivity index is 2.08. The molecule has 1 unspecified atom stereocenters. The summed E-state index contributed by atoms with van der Waals surface area (Å²) in [6.07, 6.45) is 1.61. The lowest BCUT2D eigenvalue weighted by Crippen LogP contribution is -2.08. The Hall–Kier alpha value is -2.02. The van der Waals surface area contributed by atoms with Crippen molar-refractivity contribution in [3.8, 4) is 0 Å². The number of rotatable bonds is 4. The second kappa shape index (κ2) is 5.40. The molecule has 1 aromatic carbocycles. The number of hydrogen-bond acceptors (Lipinski definition) is 4. The summed E-state index contributed by atoms with van der Waals surface area (Å²) in [4.78, 5) is 8.17. The smallest absolute Gasteiger partial charge is 0.213 e. The molecule has 5 nitrogen and oxygen atoms in total. The molecule has 0 bridgehead atoms. The van der Waals surface area contributed by atoms with Crippen molar-refractivity contribution in [3.05, 3.63) is 41.8 Å². The number of hydrogen-bond donors (Lipinski definition) is 0. The van der Waals surface area contributed by atoms with Gasteiger partial charge in [0, 0.05) is 13.0 Å². The lowest BCUT2D eigenvalue weighted by Gasteiger charge is -2.09. The second-order valence-electron chi connectivity index (χ2n) is 4.56. The normalized spacial score (nSPS) is 13.0. The van der Waals surface area contributed by atoms with E-state index in [0.717, 1.165) is 6.07 Å². The van der Waals surface area contributed by atoms with Crippen LogP contribution >= 0.6 is 11.6 Å². The van der Waals surface area contributed by atoms with Gasteiger partial charge in [0.15, 0.2) is 17.5 Å². The number of nitrogens with zero attached hydrogens (tertiary/aromatic N) is 4. The van der Waals surface area contributed by atoms with E-state index in [1.807, 2.05) is 0 Å². The van der Waals surface area contributed by atoms with Gasteiger partial charge in [-0.15, -0.1) is 11.6 Å². The minimum absolute atomic E-state index is 0.0981. The highest BCUT2D eigenvalue weighted by Crippen LogP contribution is 2.27. The first kappa shape index (κ1) is 13.9. The van der Waals surface area contributed by atoms with Crippen LogP contribution in [0.1, 0.15) is 23.9 Å². The molecule has 0 spiro atoms. The van der Waals surface area contributed by atoms with Crippen LogP contribution in [-0.2, 0) is 13.0 Å². The Bertz CT molecular complexity index is 770. The number of fused-ring (bicyclic) bond motifs is 1. The van der Waals surface area contributed by atoms with Crippen molar-refractivity contribution in [2.24, 2.45) is 0 Å². The molecule has 0 fully saturated rings. The van der Waals surface area contributed by atoms with Gasteiger partial charge in [0.05, 0.1) is 10.9 Å². The maximum atomic E-state index is 14.1. The molecule has 21 heavy (non-hydrogen) atoms. The van der Waals surface area contributed by atoms with E-state index in [9.17, 15) is 8.78 Å². The van der Waals surface area contributed by atoms with E-state index < -0.39 is 17.0 Å². The van der Waals surface area contributed by atoms with Crippen LogP contribution < -0.4 is 0 Å². The Kier molecular flexibility index (Phi) is 3.59. The highest BCUT2D eigenvalue weighted by atomic mass is 35.5. The molecule has 110 valence electrons. The fourth-order valence-electron chi connectivity index (χ4n) is 2.22. The molecule has 3 rings (SSSR count). The monoisotopic (exact) mass is 312 g/mol. The van der Waals surface area contributed by atoms with E-state index in [0.29, 0.717) is 30.1 Å². The van der Waals surface area contributed by atoms with Crippen LogP contribution in [0.5, 0.6) is 0 Å². The fraction of sp³-hybridized carbons (Fsp3) is 0.308. The predicted octanol–water partition coefficient (Wildman–Crippen LogP) is 3.24. The van der Waals surface area contributed by atoms with Gasteiger partial charge in [0.1, 0.15) is 11.3 Å². The quantitative estimate of drug-likeness (QED) is 0.694. The Labute approximate surface area is 123 Å². The van der Waals surface area contributed by atoms with Crippen LogP contribution in [0.15, 0.2) is 23.0 Å². The van der Waals surface area contributed by atoms with E-state index >= 15 is 0 Å². The lowest BCUT2D eigenvalue weighted by atomic mass is 10.3. The molecule has 0 aliphatic rings. The minimum atomic E-state index is -0.934. The fourth-order valence-corrected chi connectivity index (χ4v) is 2.39. The Morgan fingerprint density at radius 2 is 2.19 bits per heavy atom. The van der Waals surface area contributed by atoms with Crippen molar-refractivity contribution in [1.82, 2.24) is 19.7 Å². The van der Waals surface area contributed by atoms with E-state index in [1.165, 1.54) is 12.5 Å². The van der Waals surface area contributed by atoms with Gasteiger partial charge in [-0.05, 0) is 19.1 Å². The van der Waals surface area contributed by atoms with E-state index in [4.69, 9.17) is 11.6 Å². The Morgan fingerprint density at radius 1 is 1.38 bits per heavy atom. The summed E-state index contributed by atoms with van der Waals surface area (Å²) in [6, 6.07) is 2.48. The largest absolute Gasteiger partial charge is 0.343 e. The Morgan fingerprint density at radius 3 is 2.86 bits per heavy atom. The molecule has 0 aliphatic carbocycles. The third kappa shape index (κ3) is 2.49. The van der Waals surface area contributed by atoms with Crippen molar-refractivity contribution < 1.29 is 13.3 Å². The van der Waals surface area contributed by atoms with Crippen LogP contribution in [-0.4, -0.2) is 19.7 Å². The molecule has 0 amide bonds. The molecular formula is C13H11ClF2N4O. The van der Waals surface area contributed by atoms with Crippen molar-refractivity contribution in [1.29, 1.82) is 0 Å². The molecule has 0 N–H and O–H groups in total. The SMILES string of the molecule is CC(Cl)c1nc2ccc(F)c(F)c2n1CCc1ncon1. The van der Waals surface area contributed by atoms with Crippen molar-refractivity contribution in [2.75, 3.05) is 0 Å². The molecule has 3 aromatic rings. The topological polar surface area (TPSA) is 56.7 Å². The standard InChI is InChI=1S/C13H11ClF2N4O/c1-7(14)13-18-9-3-2-8(15)11(16)12(9)20(13)5-4-10-17-6-21-19-10/h2-3,6-7H,4-5H2,1H3. The third-order valence-electron chi connectivity index (χ3n) is 3.15. The van der Waals surface area contributed by atoms with Gasteiger partial charge in [0.2, 0.25) is 6.39 Å². The number of halogens is 3. The maximum absolute atomic E-state index is 14.1. The molecule has 0 aliphatic heterocycles. The molecule has 0 saturated carbocycles. The summed E-state index contributed by atoms with van der Waals surface area (Å²) in [5, 5.41) is 3.25. The van der Waals surface area contributed by atoms with Crippen molar-refractivity contribution in [2.45, 2.75) is 25.3 Å². The highest BCUT2D eigenvalue weighted by Gasteiger charge is 2.20. The molecular weight excluding hydrogens is 302 g/mol. The predicted molar refractivity (Wildman–Crippen MR) is 71.9 cm³/mol. The van der Waals surface area contributed by atoms with E-state index in [-0.39, 0.29) is 5.52 Å². The first-order valence-corrected chi connectivity index (χ1v) is 6.75. The van der Waals surface area contributed by atoms with E-state index in [1.54, 1.807) is 11.5 Å². The average molecular weight is 313 g/mol. The van der Waals surface area contributed by atoms with Crippen LogP contribution in [0, 0.1) is 11.6 Å². The number of imidazole rings is 1. The molecule has 8 heteroatoms. The summed E-state index contributed by atoms with van der Waals surface area (Å²) in [7, 11) is 0. The second-order valence-corrected chi connectivity index (χ2v) is 5.22. The minimum Gasteiger partial charge on any atom is -0.343 e. The van der Waals surface area contributed by atoms with Crippen LogP contribution in [0.2, 0.25) is 0 Å². The van der Waals surface area contributed by atoms with Crippen molar-refractivity contribution >= 4 is 22.6 Å². The van der Waals surface area contributed by atoms with Gasteiger partial charge < -0.3 is 9.09 Å². The number of aryl methyl sites for hydroxylation is 2. The average Bonchev–Trinajstić information content (AvgIpc) is 3.08. The van der Waals surface area contributed by atoms with Gasteiger partial charge in [-0.25, -0.2) is 13.8 Å². The summed E-state index contributed by atoms with van der Waals surface area (Å²) >= 11 is 6.08. The maximum Gasteiger partial charge on any atom is 0.213 e. The number of benzene rings is 1. The molecule has 1 atom stereocenters. The molecule has 2 heterocycles.